The quantitative estimate of drug-likeness (QED) is 0.346. The summed E-state index contributed by atoms with van der Waals surface area (Å²) in [7, 11) is 4.87. The molecule has 2 aromatic carbocycles. The number of benzene rings is 2. The molecule has 0 saturated heterocycles. The third-order valence-corrected chi connectivity index (χ3v) is 4.98. The molecule has 0 aliphatic rings. The van der Waals surface area contributed by atoms with E-state index in [0.29, 0.717) is 5.56 Å². The van der Waals surface area contributed by atoms with Crippen molar-refractivity contribution in [3.8, 4) is 11.8 Å². The Hall–Kier alpha value is -3.48. The Labute approximate surface area is 185 Å². The van der Waals surface area contributed by atoms with Gasteiger partial charge in [0.1, 0.15) is 6.04 Å². The van der Waals surface area contributed by atoms with Crippen LogP contribution >= 0.6 is 0 Å². The maximum atomic E-state index is 13.5. The van der Waals surface area contributed by atoms with Crippen molar-refractivity contribution in [2.24, 2.45) is 0 Å². The van der Waals surface area contributed by atoms with Gasteiger partial charge in [0, 0.05) is 43.6 Å². The van der Waals surface area contributed by atoms with Gasteiger partial charge in [-0.2, -0.15) is 0 Å². The molecule has 0 bridgehead atoms. The lowest BCUT2D eigenvalue weighted by Crippen LogP contribution is -2.62. The van der Waals surface area contributed by atoms with Gasteiger partial charge in [-0.15, -0.1) is 0 Å². The lowest BCUT2D eigenvalue weighted by atomic mass is 9.95. The summed E-state index contributed by atoms with van der Waals surface area (Å²) in [5.74, 6) is 3.98. The largest absolute Gasteiger partial charge is 0.378 e. The summed E-state index contributed by atoms with van der Waals surface area (Å²) in [4.78, 5) is 26.4. The van der Waals surface area contributed by atoms with E-state index in [1.54, 1.807) is 12.1 Å². The van der Waals surface area contributed by atoms with E-state index in [9.17, 15) is 18.4 Å². The summed E-state index contributed by atoms with van der Waals surface area (Å²) in [5.41, 5.74) is 1.56. The molecule has 0 aliphatic heterocycles. The molecule has 0 heterocycles. The van der Waals surface area contributed by atoms with Gasteiger partial charge in [0.05, 0.1) is 0 Å². The van der Waals surface area contributed by atoms with Crippen LogP contribution < -0.4 is 15.7 Å². The summed E-state index contributed by atoms with van der Waals surface area (Å²) < 4.78 is 31.7. The molecule has 0 saturated carbocycles. The summed E-state index contributed by atoms with van der Waals surface area (Å²) >= 11 is 0. The van der Waals surface area contributed by atoms with E-state index in [1.165, 1.54) is 17.6 Å². The number of hydrogen-bond acceptors (Lipinski definition) is 5. The maximum Gasteiger partial charge on any atom is 0.269 e. The third-order valence-electron chi connectivity index (χ3n) is 4.98. The van der Waals surface area contributed by atoms with Crippen LogP contribution in [0.3, 0.4) is 0 Å². The van der Waals surface area contributed by atoms with Crippen molar-refractivity contribution in [2.45, 2.75) is 25.0 Å². The number of nitrogens with one attached hydrogen (secondary N) is 2. The summed E-state index contributed by atoms with van der Waals surface area (Å²) in [6, 6.07) is 11.9. The number of hydroxylamine groups is 1. The highest BCUT2D eigenvalue weighted by Crippen LogP contribution is 2.24. The van der Waals surface area contributed by atoms with Gasteiger partial charge in [0.2, 0.25) is 0 Å². The van der Waals surface area contributed by atoms with Gasteiger partial charge in [0.25, 0.3) is 18.2 Å². The Morgan fingerprint density at radius 3 is 1.94 bits per heavy atom. The summed E-state index contributed by atoms with van der Waals surface area (Å²) in [6.07, 6.45) is -3.11. The van der Waals surface area contributed by atoms with Crippen molar-refractivity contribution in [3.63, 3.8) is 0 Å². The lowest BCUT2D eigenvalue weighted by molar-refractivity contribution is -0.157. The van der Waals surface area contributed by atoms with E-state index >= 15 is 0 Å². The molecule has 32 heavy (non-hydrogen) atoms. The topological polar surface area (TPSA) is 90.9 Å². The second-order valence-electron chi connectivity index (χ2n) is 7.34. The van der Waals surface area contributed by atoms with E-state index in [1.807, 2.05) is 43.3 Å². The number of methoxy groups -OCH3 is 1. The summed E-state index contributed by atoms with van der Waals surface area (Å²) in [5, 5.41) is 11.1. The number of ether oxygens (including phenoxy) is 1. The normalized spacial score (nSPS) is 13.4. The second kappa shape index (κ2) is 10.7. The fraction of sp³-hybridized carbons (Fsp3) is 0.304. The Morgan fingerprint density at radius 1 is 1.03 bits per heavy atom. The van der Waals surface area contributed by atoms with Crippen LogP contribution in [0.25, 0.3) is 0 Å². The number of halogens is 2. The van der Waals surface area contributed by atoms with Gasteiger partial charge in [0.15, 0.2) is 5.60 Å². The van der Waals surface area contributed by atoms with Crippen molar-refractivity contribution in [1.29, 1.82) is 0 Å². The van der Waals surface area contributed by atoms with Gasteiger partial charge in [-0.3, -0.25) is 14.8 Å². The van der Waals surface area contributed by atoms with Crippen LogP contribution in [-0.2, 0) is 9.53 Å². The number of rotatable bonds is 7. The predicted octanol–water partition coefficient (Wildman–Crippen LogP) is 2.43. The molecule has 0 aliphatic carbocycles. The number of alkyl halides is 2. The number of anilines is 1. The van der Waals surface area contributed by atoms with Crippen LogP contribution in [0.2, 0.25) is 0 Å². The zero-order valence-corrected chi connectivity index (χ0v) is 18.1. The van der Waals surface area contributed by atoms with E-state index < -0.39 is 29.9 Å². The SMILES string of the molecule is COC(C)(C(F)F)[C@H](NC(=O)c1ccc(C#Cc2ccc(N(C)C)cc2)cc1)C(=O)NO. The van der Waals surface area contributed by atoms with Crippen LogP contribution in [0.15, 0.2) is 48.5 Å². The maximum absolute atomic E-state index is 13.5. The minimum absolute atomic E-state index is 0.120. The van der Waals surface area contributed by atoms with Gasteiger partial charge < -0.3 is 15.0 Å². The molecule has 2 aromatic rings. The fourth-order valence-corrected chi connectivity index (χ4v) is 2.77. The van der Waals surface area contributed by atoms with Gasteiger partial charge in [-0.05, 0) is 55.5 Å². The van der Waals surface area contributed by atoms with Crippen molar-refractivity contribution in [2.75, 3.05) is 26.1 Å². The zero-order chi connectivity index (χ0) is 23.9. The standard InChI is InChI=1S/C23H25F2N3O4/c1-23(32-4,22(24)25)19(21(30)27-31)26-20(29)17-11-7-15(8-12-17)5-6-16-9-13-18(14-10-16)28(2)3/h7-14,19,22,31H,1-4H3,(H,26,29)(H,27,30)/t19-,23?/m1/s1. The van der Waals surface area contributed by atoms with E-state index in [4.69, 9.17) is 9.94 Å². The third kappa shape index (κ3) is 5.81. The van der Waals surface area contributed by atoms with Crippen LogP contribution in [0.5, 0.6) is 0 Å². The number of amides is 2. The van der Waals surface area contributed by atoms with E-state index in [-0.39, 0.29) is 5.56 Å². The number of nitrogens with zero attached hydrogens (tertiary/aromatic N) is 1. The van der Waals surface area contributed by atoms with Crippen LogP contribution in [0.1, 0.15) is 28.4 Å². The molecule has 0 fully saturated rings. The first-order valence-electron chi connectivity index (χ1n) is 9.60. The highest BCUT2D eigenvalue weighted by atomic mass is 19.3. The zero-order valence-electron chi connectivity index (χ0n) is 18.1. The molecule has 0 spiro atoms. The lowest BCUT2D eigenvalue weighted by Gasteiger charge is -2.34. The van der Waals surface area contributed by atoms with Crippen molar-refractivity contribution in [1.82, 2.24) is 10.8 Å². The molecule has 9 heteroatoms. The number of carbonyl (C=O) groups excluding carboxylic acids is 2. The Kier molecular flexibility index (Phi) is 8.29. The monoisotopic (exact) mass is 445 g/mol. The first kappa shape index (κ1) is 24.8. The van der Waals surface area contributed by atoms with Gasteiger partial charge >= 0.3 is 0 Å². The molecule has 3 N–H and O–H groups in total. The molecular formula is C23H25F2N3O4. The smallest absolute Gasteiger partial charge is 0.269 e. The van der Waals surface area contributed by atoms with Crippen LogP contribution in [0.4, 0.5) is 14.5 Å². The van der Waals surface area contributed by atoms with E-state index in [0.717, 1.165) is 25.3 Å². The van der Waals surface area contributed by atoms with Crippen LogP contribution in [0, 0.1) is 11.8 Å². The Balaban J connectivity index is 2.16. The molecule has 2 amide bonds. The Bertz CT molecular complexity index is 999. The molecule has 170 valence electrons. The molecule has 2 atom stereocenters. The number of carbonyl (C=O) groups is 2. The fourth-order valence-electron chi connectivity index (χ4n) is 2.77. The minimum atomic E-state index is -3.11. The first-order chi connectivity index (χ1) is 15.1. The highest BCUT2D eigenvalue weighted by molar-refractivity contribution is 5.97. The first-order valence-corrected chi connectivity index (χ1v) is 9.60. The predicted molar refractivity (Wildman–Crippen MR) is 116 cm³/mol. The number of hydrogen-bond donors (Lipinski definition) is 3. The summed E-state index contributed by atoms with van der Waals surface area (Å²) in [6.45, 7) is 0.960. The van der Waals surface area contributed by atoms with Crippen molar-refractivity contribution in [3.05, 3.63) is 65.2 Å². The van der Waals surface area contributed by atoms with Crippen molar-refractivity contribution < 1.29 is 28.3 Å². The second-order valence-corrected chi connectivity index (χ2v) is 7.34. The average molecular weight is 445 g/mol. The molecule has 0 radical (unpaired) electrons. The molecule has 7 nitrogen and oxygen atoms in total. The molecular weight excluding hydrogens is 420 g/mol. The molecule has 2 rings (SSSR count). The van der Waals surface area contributed by atoms with Gasteiger partial charge in [-0.25, -0.2) is 14.3 Å². The molecule has 0 aromatic heterocycles. The average Bonchev–Trinajstić information content (AvgIpc) is 2.80. The molecule has 1 unspecified atom stereocenters. The highest BCUT2D eigenvalue weighted by Gasteiger charge is 2.48. The van der Waals surface area contributed by atoms with Crippen LogP contribution in [-0.4, -0.2) is 56.3 Å². The van der Waals surface area contributed by atoms with E-state index in [2.05, 4.69) is 17.2 Å². The van der Waals surface area contributed by atoms with Gasteiger partial charge in [-0.1, -0.05) is 11.8 Å². The Morgan fingerprint density at radius 2 is 1.53 bits per heavy atom. The van der Waals surface area contributed by atoms with Crippen molar-refractivity contribution >= 4 is 17.5 Å². The minimum Gasteiger partial charge on any atom is -0.378 e.